The minimum absolute atomic E-state index is 0.0772. The SMILES string of the molecule is CCC(C)(C)C(=O)OCCCCC(=O)Nc1[nH]c(C=C2N=C(NC(=O)C(C)(C)C)C(C(=O)OC3C(C(C)(C)C)CC(C)CC3C(C)(C)C)=C2C(C)C)c(C(C)C)c1C(=O)OC1C(C(C)(C)C)CC(C)CC1C(C)(C)C. The Hall–Kier alpha value is -4.22. The number of carbonyl (C=O) groups is 5. The summed E-state index contributed by atoms with van der Waals surface area (Å²) in [6.07, 6.45) is 6.45. The summed E-state index contributed by atoms with van der Waals surface area (Å²) in [4.78, 5) is 79.8. The van der Waals surface area contributed by atoms with Gasteiger partial charge in [-0.2, -0.15) is 0 Å². The zero-order valence-electron chi connectivity index (χ0n) is 51.4. The lowest BCUT2D eigenvalue weighted by Crippen LogP contribution is -2.50. The summed E-state index contributed by atoms with van der Waals surface area (Å²) < 4.78 is 19.3. The molecule has 2 heterocycles. The maximum atomic E-state index is 15.4. The summed E-state index contributed by atoms with van der Waals surface area (Å²) in [5.41, 5.74) is 0.614. The molecule has 2 fully saturated rings. The molecule has 2 aliphatic carbocycles. The fraction of sp³-hybridized carbons (Fsp3) is 0.778. The molecule has 1 aromatic rings. The first-order valence-electron chi connectivity index (χ1n) is 28.6. The molecule has 0 spiro atoms. The van der Waals surface area contributed by atoms with E-state index < -0.39 is 28.9 Å². The molecule has 3 aliphatic rings. The monoisotopic (exact) mass is 1040 g/mol. The van der Waals surface area contributed by atoms with E-state index in [-0.39, 0.29) is 117 Å². The van der Waals surface area contributed by atoms with Gasteiger partial charge in [-0.1, -0.05) is 152 Å². The average molecular weight is 1050 g/mol. The van der Waals surface area contributed by atoms with Crippen LogP contribution in [0.3, 0.4) is 0 Å². The molecule has 0 bridgehead atoms. The number of aromatic amines is 1. The Balaban J connectivity index is 1.95. The lowest BCUT2D eigenvalue weighted by atomic mass is 9.59. The van der Waals surface area contributed by atoms with Crippen LogP contribution in [0.25, 0.3) is 6.08 Å². The Bertz CT molecular complexity index is 2280. The Labute approximate surface area is 454 Å². The highest BCUT2D eigenvalue weighted by Gasteiger charge is 2.51. The summed E-state index contributed by atoms with van der Waals surface area (Å²) in [5.74, 6) is -0.889. The predicted octanol–water partition coefficient (Wildman–Crippen LogP) is 15.0. The van der Waals surface area contributed by atoms with E-state index in [1.807, 2.05) is 75.3 Å². The molecule has 0 saturated heterocycles. The molecule has 0 aromatic carbocycles. The minimum atomic E-state index is -0.812. The molecule has 1 aliphatic heterocycles. The van der Waals surface area contributed by atoms with E-state index in [9.17, 15) is 14.4 Å². The summed E-state index contributed by atoms with van der Waals surface area (Å²) >= 11 is 0. The topological polar surface area (TPSA) is 165 Å². The van der Waals surface area contributed by atoms with Gasteiger partial charge in [0.15, 0.2) is 0 Å². The third-order valence-corrected chi connectivity index (χ3v) is 16.7. The van der Waals surface area contributed by atoms with Gasteiger partial charge in [-0.3, -0.25) is 14.4 Å². The van der Waals surface area contributed by atoms with Gasteiger partial charge < -0.3 is 29.8 Å². The number of allylic oxidation sites excluding steroid dienone is 1. The largest absolute Gasteiger partial charge is 0.465 e. The van der Waals surface area contributed by atoms with E-state index >= 15 is 9.59 Å². The summed E-state index contributed by atoms with van der Waals surface area (Å²) in [5, 5.41) is 6.12. The van der Waals surface area contributed by atoms with Gasteiger partial charge in [-0.15, -0.1) is 0 Å². The van der Waals surface area contributed by atoms with Crippen LogP contribution in [-0.2, 0) is 33.4 Å². The molecule has 4 unspecified atom stereocenters. The Morgan fingerprint density at radius 3 is 1.51 bits per heavy atom. The smallest absolute Gasteiger partial charge is 0.342 e. The molecule has 4 atom stereocenters. The van der Waals surface area contributed by atoms with Crippen molar-refractivity contribution in [3.63, 3.8) is 0 Å². The fourth-order valence-corrected chi connectivity index (χ4v) is 11.7. The molecule has 2 saturated carbocycles. The Morgan fingerprint density at radius 2 is 1.11 bits per heavy atom. The molecule has 12 heteroatoms. The summed E-state index contributed by atoms with van der Waals surface area (Å²) in [6, 6.07) is 0. The number of H-pyrrole nitrogens is 1. The Kier molecular flexibility index (Phi) is 20.1. The van der Waals surface area contributed by atoms with Gasteiger partial charge in [0, 0.05) is 41.2 Å². The van der Waals surface area contributed by atoms with Gasteiger partial charge in [0.05, 0.1) is 17.7 Å². The number of amides is 2. The zero-order chi connectivity index (χ0) is 57.3. The van der Waals surface area contributed by atoms with Gasteiger partial charge in [-0.25, -0.2) is 14.6 Å². The van der Waals surface area contributed by atoms with Gasteiger partial charge >= 0.3 is 17.9 Å². The number of rotatable bonds is 15. The van der Waals surface area contributed by atoms with E-state index in [1.54, 1.807) is 0 Å². The number of ether oxygens (including phenoxy) is 3. The second-order valence-corrected chi connectivity index (χ2v) is 29.7. The number of aromatic nitrogens is 1. The molecule has 1 aromatic heterocycles. The van der Waals surface area contributed by atoms with Crippen LogP contribution in [0, 0.1) is 73.9 Å². The molecule has 3 N–H and O–H groups in total. The van der Waals surface area contributed by atoms with Crippen LogP contribution in [0.5, 0.6) is 0 Å². The van der Waals surface area contributed by atoms with Crippen molar-refractivity contribution in [1.82, 2.24) is 10.3 Å². The molecular formula is C63H104N4O8. The lowest BCUT2D eigenvalue weighted by molar-refractivity contribution is -0.164. The first-order chi connectivity index (χ1) is 34.1. The number of unbranched alkanes of at least 4 members (excludes halogenated alkanes) is 1. The maximum absolute atomic E-state index is 15.4. The first-order valence-corrected chi connectivity index (χ1v) is 28.6. The van der Waals surface area contributed by atoms with Crippen LogP contribution in [0.4, 0.5) is 5.82 Å². The van der Waals surface area contributed by atoms with Gasteiger partial charge in [0.1, 0.15) is 35.0 Å². The molecule has 424 valence electrons. The molecule has 75 heavy (non-hydrogen) atoms. The molecule has 4 rings (SSSR count). The second-order valence-electron chi connectivity index (χ2n) is 29.7. The van der Waals surface area contributed by atoms with Crippen molar-refractivity contribution < 1.29 is 38.2 Å². The number of anilines is 1. The van der Waals surface area contributed by atoms with Gasteiger partial charge in [0.2, 0.25) is 11.8 Å². The minimum Gasteiger partial charge on any atom is -0.465 e. The highest BCUT2D eigenvalue weighted by atomic mass is 16.6. The van der Waals surface area contributed by atoms with E-state index in [0.717, 1.165) is 25.7 Å². The number of nitrogens with one attached hydrogen (secondary N) is 3. The van der Waals surface area contributed by atoms with Gasteiger partial charge in [-0.05, 0) is 121 Å². The van der Waals surface area contributed by atoms with Crippen molar-refractivity contribution in [3.05, 3.63) is 33.7 Å². The van der Waals surface area contributed by atoms with Crippen LogP contribution < -0.4 is 10.6 Å². The van der Waals surface area contributed by atoms with Crippen molar-refractivity contribution in [2.45, 2.75) is 236 Å². The number of nitrogens with zero attached hydrogens (tertiary/aromatic N) is 1. The molecule has 2 amide bonds. The predicted molar refractivity (Wildman–Crippen MR) is 305 cm³/mol. The van der Waals surface area contributed by atoms with E-state index in [1.165, 1.54) is 0 Å². The highest BCUT2D eigenvalue weighted by Crippen LogP contribution is 2.52. The quantitative estimate of drug-likeness (QED) is 0.0887. The standard InChI is InChI=1S/C63H104N4O8/c1-25-63(23,24)57(72)73-29-27-26-28-45(68)66-52-48(54(69)74-50-39(58(8,9)10)30-37(6)31-40(50)59(11,12)13)46(35(2)3)43(64-52)34-44-47(36(4)5)49(53(65-44)67-56(71)62(20,21)22)55(70)75-51-41(60(14,15)16)32-38(7)33-42(51)61(17,18)19/h34-42,50-51,64H,25-33H2,1-24H3,(H,66,68)(H,65,67,71). The summed E-state index contributed by atoms with van der Waals surface area (Å²) in [6.45, 7) is 50.6. The lowest BCUT2D eigenvalue weighted by Gasteiger charge is -2.50. The Morgan fingerprint density at radius 1 is 0.653 bits per heavy atom. The molecular weight excluding hydrogens is 941 g/mol. The van der Waals surface area contributed by atoms with Crippen LogP contribution in [-0.4, -0.2) is 59.4 Å². The second kappa shape index (κ2) is 23.8. The highest BCUT2D eigenvalue weighted by molar-refractivity contribution is 6.26. The van der Waals surface area contributed by atoms with E-state index in [2.05, 4.69) is 113 Å². The first kappa shape index (κ1) is 63.3. The van der Waals surface area contributed by atoms with Gasteiger partial charge in [0.25, 0.3) is 0 Å². The third kappa shape index (κ3) is 15.7. The van der Waals surface area contributed by atoms with Crippen LogP contribution in [0.15, 0.2) is 21.8 Å². The van der Waals surface area contributed by atoms with Crippen LogP contribution in [0.2, 0.25) is 0 Å². The number of hydrogen-bond acceptors (Lipinski definition) is 9. The van der Waals surface area contributed by atoms with Crippen LogP contribution in [0.1, 0.15) is 245 Å². The van der Waals surface area contributed by atoms with Crippen molar-refractivity contribution >= 4 is 47.5 Å². The average Bonchev–Trinajstić information content (AvgIpc) is 3.79. The fourth-order valence-electron chi connectivity index (χ4n) is 11.7. The number of amidine groups is 1. The van der Waals surface area contributed by atoms with Crippen molar-refractivity contribution in [2.75, 3.05) is 11.9 Å². The number of hydrogen-bond donors (Lipinski definition) is 3. The number of esters is 3. The molecule has 12 nitrogen and oxygen atoms in total. The van der Waals surface area contributed by atoms with E-state index in [0.29, 0.717) is 53.6 Å². The summed E-state index contributed by atoms with van der Waals surface area (Å²) in [7, 11) is 0. The van der Waals surface area contributed by atoms with E-state index in [4.69, 9.17) is 19.2 Å². The molecule has 0 radical (unpaired) electrons. The van der Waals surface area contributed by atoms with Crippen molar-refractivity contribution in [3.8, 4) is 0 Å². The number of carbonyl (C=O) groups excluding carboxylic acids is 5. The third-order valence-electron chi connectivity index (χ3n) is 16.7. The normalized spacial score (nSPS) is 24.9. The van der Waals surface area contributed by atoms with Crippen molar-refractivity contribution in [1.29, 1.82) is 0 Å². The van der Waals surface area contributed by atoms with Crippen molar-refractivity contribution in [2.24, 2.45) is 78.9 Å². The van der Waals surface area contributed by atoms with Crippen LogP contribution >= 0.6 is 0 Å². The zero-order valence-corrected chi connectivity index (χ0v) is 51.4. The maximum Gasteiger partial charge on any atom is 0.342 e. The number of aliphatic imine (C=N–C) groups is 1.